The molecule has 1 aromatic heterocycles. The lowest BCUT2D eigenvalue weighted by Crippen LogP contribution is -2.35. The third-order valence-corrected chi connectivity index (χ3v) is 6.10. The predicted molar refractivity (Wildman–Crippen MR) is 140 cm³/mol. The molecule has 34 heavy (non-hydrogen) atoms. The van der Waals surface area contributed by atoms with Crippen molar-refractivity contribution in [3.8, 4) is 5.75 Å². The van der Waals surface area contributed by atoms with Gasteiger partial charge in [-0.3, -0.25) is 4.79 Å². The van der Waals surface area contributed by atoms with Gasteiger partial charge < -0.3 is 14.6 Å². The second-order valence-electron chi connectivity index (χ2n) is 10.4. The quantitative estimate of drug-likeness (QED) is 0.312. The summed E-state index contributed by atoms with van der Waals surface area (Å²) in [4.78, 5) is 16.9. The maximum atomic E-state index is 12.0. The number of aryl methyl sites for hydroxylation is 2. The van der Waals surface area contributed by atoms with Crippen LogP contribution in [-0.2, 0) is 17.8 Å². The molecule has 1 heterocycles. The molecule has 0 saturated carbocycles. The van der Waals surface area contributed by atoms with E-state index in [-0.39, 0.29) is 11.3 Å². The molecular weight excluding hydrogens is 422 g/mol. The number of benzene rings is 2. The second kappa shape index (κ2) is 12.0. The zero-order chi connectivity index (χ0) is 24.6. The number of unbranched alkanes of at least 4 members (excludes halogenated alkanes) is 2. The molecule has 2 aromatic carbocycles. The fraction of sp³-hybridized carbons (Fsp3) is 0.517. The minimum absolute atomic E-state index is 0.118. The number of imidazole rings is 1. The van der Waals surface area contributed by atoms with E-state index in [4.69, 9.17) is 9.72 Å². The molecule has 5 nitrogen and oxygen atoms in total. The molecule has 5 heteroatoms. The van der Waals surface area contributed by atoms with Crippen molar-refractivity contribution >= 4 is 16.9 Å². The van der Waals surface area contributed by atoms with Crippen LogP contribution in [0.2, 0.25) is 0 Å². The predicted octanol–water partition coefficient (Wildman–Crippen LogP) is 6.50. The first-order chi connectivity index (χ1) is 16.3. The van der Waals surface area contributed by atoms with Gasteiger partial charge in [0, 0.05) is 24.9 Å². The summed E-state index contributed by atoms with van der Waals surface area (Å²) in [7, 11) is 0. The van der Waals surface area contributed by atoms with Crippen molar-refractivity contribution in [2.45, 2.75) is 79.2 Å². The van der Waals surface area contributed by atoms with Gasteiger partial charge in [-0.25, -0.2) is 4.98 Å². The molecular formula is C29H41N3O2. The number of aromatic nitrogens is 2. The standard InChI is InChI=1S/C29H41N3O2/c1-22(2)23-14-8-11-17-26(23)34-21-13-20-32-25-16-10-9-15-24(25)31-27(32)18-7-6-12-19-30-28(33)29(3,4)5/h8-11,14-17,22H,6-7,12-13,18-21H2,1-5H3,(H,30,33). The number of carbonyl (C=O) groups excluding carboxylic acids is 1. The summed E-state index contributed by atoms with van der Waals surface area (Å²) in [5.74, 6) is 2.70. The van der Waals surface area contributed by atoms with Gasteiger partial charge in [-0.1, -0.05) is 71.4 Å². The van der Waals surface area contributed by atoms with Gasteiger partial charge in [0.15, 0.2) is 0 Å². The fourth-order valence-electron chi connectivity index (χ4n) is 4.11. The first-order valence-corrected chi connectivity index (χ1v) is 12.7. The zero-order valence-corrected chi connectivity index (χ0v) is 21.6. The Morgan fingerprint density at radius 1 is 1.00 bits per heavy atom. The van der Waals surface area contributed by atoms with E-state index in [0.717, 1.165) is 62.3 Å². The number of para-hydroxylation sites is 3. The van der Waals surface area contributed by atoms with Gasteiger partial charge in [-0.15, -0.1) is 0 Å². The molecule has 0 bridgehead atoms. The van der Waals surface area contributed by atoms with Crippen LogP contribution in [0.4, 0.5) is 0 Å². The fourth-order valence-corrected chi connectivity index (χ4v) is 4.11. The van der Waals surface area contributed by atoms with Crippen molar-refractivity contribution in [3.05, 3.63) is 59.9 Å². The Morgan fingerprint density at radius 2 is 1.74 bits per heavy atom. The molecule has 184 valence electrons. The average molecular weight is 464 g/mol. The van der Waals surface area contributed by atoms with E-state index >= 15 is 0 Å². The zero-order valence-electron chi connectivity index (χ0n) is 21.6. The highest BCUT2D eigenvalue weighted by Crippen LogP contribution is 2.26. The normalized spacial score (nSPS) is 11.8. The Bertz CT molecular complexity index is 1060. The smallest absolute Gasteiger partial charge is 0.225 e. The second-order valence-corrected chi connectivity index (χ2v) is 10.4. The average Bonchev–Trinajstić information content (AvgIpc) is 3.15. The number of amides is 1. The van der Waals surface area contributed by atoms with Crippen molar-refractivity contribution in [2.24, 2.45) is 5.41 Å². The largest absolute Gasteiger partial charge is 0.493 e. The van der Waals surface area contributed by atoms with Crippen LogP contribution in [0.15, 0.2) is 48.5 Å². The first-order valence-electron chi connectivity index (χ1n) is 12.7. The summed E-state index contributed by atoms with van der Waals surface area (Å²) in [6.07, 6.45) is 5.00. The van der Waals surface area contributed by atoms with Crippen molar-refractivity contribution < 1.29 is 9.53 Å². The highest BCUT2D eigenvalue weighted by atomic mass is 16.5. The molecule has 0 unspecified atom stereocenters. The summed E-state index contributed by atoms with van der Waals surface area (Å²) < 4.78 is 8.50. The van der Waals surface area contributed by atoms with E-state index in [1.165, 1.54) is 11.1 Å². The van der Waals surface area contributed by atoms with E-state index in [1.54, 1.807) is 0 Å². The molecule has 0 aliphatic carbocycles. The van der Waals surface area contributed by atoms with E-state index in [9.17, 15) is 4.79 Å². The van der Waals surface area contributed by atoms with E-state index < -0.39 is 0 Å². The lowest BCUT2D eigenvalue weighted by molar-refractivity contribution is -0.128. The van der Waals surface area contributed by atoms with Gasteiger partial charge in [0.25, 0.3) is 0 Å². The SMILES string of the molecule is CC(C)c1ccccc1OCCCn1c(CCCCCNC(=O)C(C)(C)C)nc2ccccc21. The van der Waals surface area contributed by atoms with Gasteiger partial charge in [-0.2, -0.15) is 0 Å². The lowest BCUT2D eigenvalue weighted by Gasteiger charge is -2.17. The topological polar surface area (TPSA) is 56.1 Å². The van der Waals surface area contributed by atoms with E-state index in [1.807, 2.05) is 32.9 Å². The van der Waals surface area contributed by atoms with Crippen molar-refractivity contribution in [1.29, 1.82) is 0 Å². The number of ether oxygens (including phenoxy) is 1. The number of nitrogens with zero attached hydrogens (tertiary/aromatic N) is 2. The molecule has 0 spiro atoms. The van der Waals surface area contributed by atoms with Crippen LogP contribution in [0.5, 0.6) is 5.75 Å². The Hall–Kier alpha value is -2.82. The summed E-state index contributed by atoms with van der Waals surface area (Å²) >= 11 is 0. The summed E-state index contributed by atoms with van der Waals surface area (Å²) in [5.41, 5.74) is 3.18. The number of hydrogen-bond donors (Lipinski definition) is 1. The Morgan fingerprint density at radius 3 is 2.50 bits per heavy atom. The monoisotopic (exact) mass is 463 g/mol. The molecule has 0 atom stereocenters. The van der Waals surface area contributed by atoms with Crippen LogP contribution < -0.4 is 10.1 Å². The van der Waals surface area contributed by atoms with Gasteiger partial charge in [0.1, 0.15) is 11.6 Å². The highest BCUT2D eigenvalue weighted by Gasteiger charge is 2.20. The minimum Gasteiger partial charge on any atom is -0.493 e. The molecule has 3 aromatic rings. The molecule has 0 radical (unpaired) electrons. The molecule has 0 fully saturated rings. The summed E-state index contributed by atoms with van der Waals surface area (Å²) in [6.45, 7) is 12.5. The Kier molecular flexibility index (Phi) is 9.14. The Balaban J connectivity index is 1.52. The van der Waals surface area contributed by atoms with E-state index in [2.05, 4.69) is 60.1 Å². The van der Waals surface area contributed by atoms with Crippen molar-refractivity contribution in [1.82, 2.24) is 14.9 Å². The van der Waals surface area contributed by atoms with E-state index in [0.29, 0.717) is 12.5 Å². The maximum absolute atomic E-state index is 12.0. The van der Waals surface area contributed by atoms with Gasteiger partial charge >= 0.3 is 0 Å². The van der Waals surface area contributed by atoms with Crippen LogP contribution >= 0.6 is 0 Å². The number of carbonyl (C=O) groups is 1. The summed E-state index contributed by atoms with van der Waals surface area (Å²) in [5, 5.41) is 3.04. The number of nitrogens with one attached hydrogen (secondary N) is 1. The summed E-state index contributed by atoms with van der Waals surface area (Å²) in [6, 6.07) is 16.7. The highest BCUT2D eigenvalue weighted by molar-refractivity contribution is 5.81. The van der Waals surface area contributed by atoms with Crippen LogP contribution in [0, 0.1) is 5.41 Å². The third-order valence-electron chi connectivity index (χ3n) is 6.10. The van der Waals surface area contributed by atoms with Crippen LogP contribution in [-0.4, -0.2) is 28.6 Å². The minimum atomic E-state index is -0.328. The molecule has 3 rings (SSSR count). The molecule has 0 aliphatic rings. The number of rotatable bonds is 12. The van der Waals surface area contributed by atoms with Crippen LogP contribution in [0.1, 0.15) is 77.6 Å². The lowest BCUT2D eigenvalue weighted by atomic mass is 9.96. The van der Waals surface area contributed by atoms with Gasteiger partial charge in [-0.05, 0) is 48.9 Å². The van der Waals surface area contributed by atoms with Gasteiger partial charge in [0.05, 0.1) is 17.6 Å². The molecule has 0 saturated heterocycles. The first kappa shape index (κ1) is 25.8. The molecule has 1 N–H and O–H groups in total. The number of fused-ring (bicyclic) bond motifs is 1. The van der Waals surface area contributed by atoms with Crippen molar-refractivity contribution in [3.63, 3.8) is 0 Å². The molecule has 0 aliphatic heterocycles. The third kappa shape index (κ3) is 7.09. The van der Waals surface area contributed by atoms with Crippen molar-refractivity contribution in [2.75, 3.05) is 13.2 Å². The Labute approximate surface area is 204 Å². The van der Waals surface area contributed by atoms with Crippen LogP contribution in [0.25, 0.3) is 11.0 Å². The van der Waals surface area contributed by atoms with Crippen LogP contribution in [0.3, 0.4) is 0 Å². The van der Waals surface area contributed by atoms with Gasteiger partial charge in [0.2, 0.25) is 5.91 Å². The number of hydrogen-bond acceptors (Lipinski definition) is 3. The molecule has 1 amide bonds. The maximum Gasteiger partial charge on any atom is 0.225 e.